The highest BCUT2D eigenvalue weighted by molar-refractivity contribution is 5.81. The smallest absolute Gasteiger partial charge is 0.328 e. The highest BCUT2D eigenvalue weighted by Gasteiger charge is 2.16. The summed E-state index contributed by atoms with van der Waals surface area (Å²) in [5.41, 5.74) is 7.23. The number of aromatic amines is 1. The van der Waals surface area contributed by atoms with Crippen molar-refractivity contribution in [1.82, 2.24) is 19.5 Å². The topological polar surface area (TPSA) is 117 Å². The second-order valence-corrected chi connectivity index (χ2v) is 5.68. The van der Waals surface area contributed by atoms with Gasteiger partial charge in [-0.2, -0.15) is 9.97 Å². The molecular weight excluding hydrogens is 338 g/mol. The molecule has 0 radical (unpaired) electrons. The van der Waals surface area contributed by atoms with Crippen LogP contribution in [0.1, 0.15) is 5.56 Å². The minimum Gasteiger partial charge on any atom is -0.493 e. The number of nitrogens with one attached hydrogen (secondary N) is 1. The van der Waals surface area contributed by atoms with Crippen LogP contribution in [0.2, 0.25) is 0 Å². The molecule has 0 unspecified atom stereocenters. The molecule has 3 aromatic rings. The quantitative estimate of drug-likeness (QED) is 0.627. The van der Waals surface area contributed by atoms with Crippen molar-refractivity contribution in [3.63, 3.8) is 0 Å². The normalized spacial score (nSPS) is 13.9. The molecule has 0 fully saturated rings. The first kappa shape index (κ1) is 16.0. The summed E-state index contributed by atoms with van der Waals surface area (Å²) in [5, 5.41) is 0. The number of fused-ring (bicyclic) bond motifs is 3. The van der Waals surface area contributed by atoms with Gasteiger partial charge in [-0.05, 0) is 29.8 Å². The van der Waals surface area contributed by atoms with Gasteiger partial charge in [-0.3, -0.25) is 4.57 Å². The molecule has 1 aliphatic heterocycles. The lowest BCUT2D eigenvalue weighted by molar-refractivity contribution is 0.319. The number of anilines is 1. The van der Waals surface area contributed by atoms with E-state index < -0.39 is 0 Å². The molecule has 3 heterocycles. The molecule has 0 amide bonds. The third-order valence-corrected chi connectivity index (χ3v) is 4.01. The molecule has 0 atom stereocenters. The monoisotopic (exact) mass is 355 g/mol. The van der Waals surface area contributed by atoms with Gasteiger partial charge in [-0.15, -0.1) is 0 Å². The lowest BCUT2D eigenvalue weighted by Gasteiger charge is -2.12. The van der Waals surface area contributed by atoms with Gasteiger partial charge in [0, 0.05) is 0 Å². The zero-order valence-corrected chi connectivity index (χ0v) is 14.1. The van der Waals surface area contributed by atoms with Crippen LogP contribution in [0.4, 0.5) is 5.82 Å². The second-order valence-electron chi connectivity index (χ2n) is 5.68. The Kier molecular flexibility index (Phi) is 3.96. The molecule has 1 aliphatic rings. The van der Waals surface area contributed by atoms with E-state index in [1.54, 1.807) is 19.3 Å². The van der Waals surface area contributed by atoms with Crippen LogP contribution < -0.4 is 25.6 Å². The molecule has 9 nitrogen and oxygen atoms in total. The fourth-order valence-corrected chi connectivity index (χ4v) is 2.75. The van der Waals surface area contributed by atoms with E-state index in [0.717, 1.165) is 5.56 Å². The minimum atomic E-state index is -0.330. The van der Waals surface area contributed by atoms with Crippen molar-refractivity contribution >= 4 is 17.0 Å². The number of benzene rings is 1. The molecule has 0 saturated heterocycles. The Balaban J connectivity index is 1.88. The first-order valence-corrected chi connectivity index (χ1v) is 7.99. The molecule has 4 rings (SSSR count). The Morgan fingerprint density at radius 2 is 2.04 bits per heavy atom. The largest absolute Gasteiger partial charge is 0.493 e. The Morgan fingerprint density at radius 1 is 1.23 bits per heavy atom. The Hall–Kier alpha value is -3.49. The van der Waals surface area contributed by atoms with Crippen molar-refractivity contribution in [3.05, 3.63) is 46.4 Å². The maximum absolute atomic E-state index is 12.4. The summed E-state index contributed by atoms with van der Waals surface area (Å²) >= 11 is 0. The molecule has 134 valence electrons. The number of methoxy groups -OCH3 is 1. The highest BCUT2D eigenvalue weighted by atomic mass is 16.5. The zero-order valence-electron chi connectivity index (χ0n) is 14.1. The lowest BCUT2D eigenvalue weighted by atomic mass is 10.2. The minimum absolute atomic E-state index is 0.112. The molecule has 3 N–H and O–H groups in total. The summed E-state index contributed by atoms with van der Waals surface area (Å²) in [6, 6.07) is 5.62. The summed E-state index contributed by atoms with van der Waals surface area (Å²) < 4.78 is 18.1. The Bertz CT molecular complexity index is 1050. The predicted octanol–water partition coefficient (Wildman–Crippen LogP) is 1.09. The van der Waals surface area contributed by atoms with Gasteiger partial charge in [-0.1, -0.05) is 6.07 Å². The number of hydrogen-bond acceptors (Lipinski definition) is 7. The number of nitrogens with zero attached hydrogens (tertiary/aromatic N) is 3. The summed E-state index contributed by atoms with van der Waals surface area (Å²) in [6.45, 7) is 0.881. The van der Waals surface area contributed by atoms with E-state index in [1.165, 1.54) is 4.57 Å². The number of nitrogen functional groups attached to an aromatic ring is 1. The summed E-state index contributed by atoms with van der Waals surface area (Å²) in [4.78, 5) is 23.5. The number of nitrogens with two attached hydrogens (primary N) is 1. The average molecular weight is 355 g/mol. The van der Waals surface area contributed by atoms with E-state index in [4.69, 9.17) is 19.9 Å². The van der Waals surface area contributed by atoms with Crippen molar-refractivity contribution in [2.45, 2.75) is 6.54 Å². The van der Waals surface area contributed by atoms with Crippen molar-refractivity contribution in [2.75, 3.05) is 26.1 Å². The molecule has 0 saturated carbocycles. The number of ether oxygens (including phenoxy) is 3. The molecule has 1 aromatic carbocycles. The number of H-pyrrole nitrogens is 1. The van der Waals surface area contributed by atoms with Gasteiger partial charge in [0.1, 0.15) is 18.7 Å². The van der Waals surface area contributed by atoms with Crippen molar-refractivity contribution in [2.24, 2.45) is 0 Å². The van der Waals surface area contributed by atoms with Gasteiger partial charge < -0.3 is 24.9 Å². The van der Waals surface area contributed by atoms with Gasteiger partial charge in [0.15, 0.2) is 23.0 Å². The SMILES string of the molecule is COc1ccc2cc1OCC=CCOc1nc(N)c3[nH]c(=O)n(c3n1)C2. The molecule has 0 aliphatic carbocycles. The fraction of sp³-hybridized carbons (Fsp3) is 0.235. The first-order chi connectivity index (χ1) is 12.7. The van der Waals surface area contributed by atoms with Crippen LogP contribution in [-0.2, 0) is 6.54 Å². The predicted molar refractivity (Wildman–Crippen MR) is 94.8 cm³/mol. The van der Waals surface area contributed by atoms with Crippen LogP contribution in [-0.4, -0.2) is 39.8 Å². The van der Waals surface area contributed by atoms with E-state index in [2.05, 4.69) is 15.0 Å². The molecule has 2 aromatic heterocycles. The Morgan fingerprint density at radius 3 is 2.85 bits per heavy atom. The molecule has 0 spiro atoms. The van der Waals surface area contributed by atoms with Crippen LogP contribution in [0, 0.1) is 0 Å². The Labute approximate surface area is 148 Å². The van der Waals surface area contributed by atoms with Crippen LogP contribution >= 0.6 is 0 Å². The highest BCUT2D eigenvalue weighted by Crippen LogP contribution is 2.29. The summed E-state index contributed by atoms with van der Waals surface area (Å²) in [6.07, 6.45) is 3.61. The van der Waals surface area contributed by atoms with Gasteiger partial charge >= 0.3 is 11.7 Å². The maximum atomic E-state index is 12.4. The van der Waals surface area contributed by atoms with E-state index in [-0.39, 0.29) is 30.7 Å². The van der Waals surface area contributed by atoms with Crippen LogP contribution in [0.5, 0.6) is 17.5 Å². The molecule has 9 heteroatoms. The molecule has 4 bridgehead atoms. The van der Waals surface area contributed by atoms with Crippen LogP contribution in [0.25, 0.3) is 11.2 Å². The molecular formula is C17H17N5O4. The van der Waals surface area contributed by atoms with E-state index in [0.29, 0.717) is 29.3 Å². The number of aromatic nitrogens is 4. The molecule has 26 heavy (non-hydrogen) atoms. The third-order valence-electron chi connectivity index (χ3n) is 4.01. The third kappa shape index (κ3) is 2.83. The zero-order chi connectivity index (χ0) is 18.1. The number of imidazole rings is 1. The van der Waals surface area contributed by atoms with Crippen LogP contribution in [0.15, 0.2) is 35.1 Å². The van der Waals surface area contributed by atoms with Crippen molar-refractivity contribution < 1.29 is 14.2 Å². The summed E-state index contributed by atoms with van der Waals surface area (Å²) in [5.74, 6) is 1.37. The van der Waals surface area contributed by atoms with Gasteiger partial charge in [0.2, 0.25) is 0 Å². The first-order valence-electron chi connectivity index (χ1n) is 7.99. The van der Waals surface area contributed by atoms with E-state index >= 15 is 0 Å². The van der Waals surface area contributed by atoms with E-state index in [1.807, 2.05) is 18.2 Å². The number of hydrogen-bond donors (Lipinski definition) is 2. The second kappa shape index (κ2) is 6.43. The average Bonchev–Trinajstić information content (AvgIpc) is 2.94. The van der Waals surface area contributed by atoms with Crippen molar-refractivity contribution in [3.8, 4) is 17.5 Å². The van der Waals surface area contributed by atoms with Gasteiger partial charge in [-0.25, -0.2) is 4.79 Å². The maximum Gasteiger partial charge on any atom is 0.328 e. The van der Waals surface area contributed by atoms with Gasteiger partial charge in [0.25, 0.3) is 0 Å². The van der Waals surface area contributed by atoms with E-state index in [9.17, 15) is 4.79 Å². The van der Waals surface area contributed by atoms with Gasteiger partial charge in [0.05, 0.1) is 13.7 Å². The fourth-order valence-electron chi connectivity index (χ4n) is 2.75. The van der Waals surface area contributed by atoms with Crippen LogP contribution in [0.3, 0.4) is 0 Å². The van der Waals surface area contributed by atoms with Crippen molar-refractivity contribution in [1.29, 1.82) is 0 Å². The standard InChI is InChI=1S/C17H17N5O4/c1-24-11-5-4-10-8-12(11)25-6-2-3-7-26-16-20-14(18)13-15(21-16)22(9-10)17(23)19-13/h2-5,8H,6-7,9H2,1H3,(H,19,23)(H2,18,20,21). The summed E-state index contributed by atoms with van der Waals surface area (Å²) in [7, 11) is 1.58. The number of rotatable bonds is 1. The lowest BCUT2D eigenvalue weighted by Crippen LogP contribution is -2.18.